The second kappa shape index (κ2) is 5.34. The highest BCUT2D eigenvalue weighted by Crippen LogP contribution is 2.12. The number of amides is 2. The molecule has 0 rings (SSSR count). The van der Waals surface area contributed by atoms with Crippen LogP contribution < -0.4 is 16.8 Å². The molecule has 2 amide bonds. The fraction of sp³-hybridized carbons (Fsp3) is 0.667. The summed E-state index contributed by atoms with van der Waals surface area (Å²) >= 11 is 0. The van der Waals surface area contributed by atoms with Crippen molar-refractivity contribution in [3.8, 4) is 0 Å². The molecule has 16 heavy (non-hydrogen) atoms. The van der Waals surface area contributed by atoms with Gasteiger partial charge in [0.15, 0.2) is 5.84 Å². The SMILES string of the molecule is CC(C(=O)NCC(C)(C)C(N)=O)C(N)=NO. The van der Waals surface area contributed by atoms with Crippen LogP contribution in [-0.4, -0.2) is 29.4 Å². The number of amidine groups is 1. The van der Waals surface area contributed by atoms with Gasteiger partial charge < -0.3 is 22.0 Å². The van der Waals surface area contributed by atoms with Gasteiger partial charge in [0.25, 0.3) is 0 Å². The van der Waals surface area contributed by atoms with Gasteiger partial charge >= 0.3 is 0 Å². The third-order valence-electron chi connectivity index (χ3n) is 2.32. The Labute approximate surface area is 93.9 Å². The van der Waals surface area contributed by atoms with E-state index in [1.54, 1.807) is 13.8 Å². The Bertz CT molecular complexity index is 312. The van der Waals surface area contributed by atoms with Crippen molar-refractivity contribution in [2.24, 2.45) is 28.0 Å². The number of primary amides is 1. The van der Waals surface area contributed by atoms with Crippen molar-refractivity contribution < 1.29 is 14.8 Å². The predicted molar refractivity (Wildman–Crippen MR) is 58.6 cm³/mol. The van der Waals surface area contributed by atoms with Crippen LogP contribution in [0.3, 0.4) is 0 Å². The maximum absolute atomic E-state index is 11.5. The van der Waals surface area contributed by atoms with Crippen LogP contribution in [-0.2, 0) is 9.59 Å². The van der Waals surface area contributed by atoms with Crippen LogP contribution in [0.4, 0.5) is 0 Å². The minimum atomic E-state index is -0.833. The number of hydrogen-bond donors (Lipinski definition) is 4. The number of carbonyl (C=O) groups is 2. The molecule has 0 aliphatic heterocycles. The molecule has 92 valence electrons. The van der Waals surface area contributed by atoms with E-state index in [1.165, 1.54) is 6.92 Å². The highest BCUT2D eigenvalue weighted by atomic mass is 16.4. The summed E-state index contributed by atoms with van der Waals surface area (Å²) in [5.41, 5.74) is 9.57. The summed E-state index contributed by atoms with van der Waals surface area (Å²) < 4.78 is 0. The first-order chi connectivity index (χ1) is 7.22. The molecule has 1 unspecified atom stereocenters. The molecule has 0 heterocycles. The van der Waals surface area contributed by atoms with Crippen LogP contribution in [0.25, 0.3) is 0 Å². The van der Waals surface area contributed by atoms with E-state index >= 15 is 0 Å². The zero-order chi connectivity index (χ0) is 12.9. The molecule has 7 heteroatoms. The molecular formula is C9H18N4O3. The summed E-state index contributed by atoms with van der Waals surface area (Å²) in [6.07, 6.45) is 0. The number of nitrogens with one attached hydrogen (secondary N) is 1. The van der Waals surface area contributed by atoms with Crippen LogP contribution in [0.1, 0.15) is 20.8 Å². The quantitative estimate of drug-likeness (QED) is 0.209. The van der Waals surface area contributed by atoms with Crippen molar-refractivity contribution in [3.05, 3.63) is 0 Å². The Morgan fingerprint density at radius 1 is 1.44 bits per heavy atom. The lowest BCUT2D eigenvalue weighted by molar-refractivity contribution is -0.127. The summed E-state index contributed by atoms with van der Waals surface area (Å²) in [5, 5.41) is 13.6. The van der Waals surface area contributed by atoms with Crippen LogP contribution in [0.2, 0.25) is 0 Å². The number of nitrogens with two attached hydrogens (primary N) is 2. The number of oxime groups is 1. The van der Waals surface area contributed by atoms with Gasteiger partial charge in [-0.05, 0) is 20.8 Å². The van der Waals surface area contributed by atoms with Crippen molar-refractivity contribution in [3.63, 3.8) is 0 Å². The van der Waals surface area contributed by atoms with E-state index in [4.69, 9.17) is 16.7 Å². The lowest BCUT2D eigenvalue weighted by atomic mass is 9.92. The van der Waals surface area contributed by atoms with Crippen molar-refractivity contribution in [2.75, 3.05) is 6.54 Å². The van der Waals surface area contributed by atoms with Gasteiger partial charge in [0.1, 0.15) is 0 Å². The molecule has 0 radical (unpaired) electrons. The Kier molecular flexibility index (Phi) is 4.74. The van der Waals surface area contributed by atoms with Crippen LogP contribution in [0, 0.1) is 11.3 Å². The first kappa shape index (κ1) is 14.2. The molecule has 0 bridgehead atoms. The minimum Gasteiger partial charge on any atom is -0.409 e. The Morgan fingerprint density at radius 2 is 1.94 bits per heavy atom. The van der Waals surface area contributed by atoms with Gasteiger partial charge in [0, 0.05) is 6.54 Å². The van der Waals surface area contributed by atoms with Gasteiger partial charge in [-0.3, -0.25) is 9.59 Å². The minimum absolute atomic E-state index is 0.101. The molecule has 0 aliphatic rings. The van der Waals surface area contributed by atoms with Crippen LogP contribution >= 0.6 is 0 Å². The summed E-state index contributed by atoms with van der Waals surface area (Å²) in [6, 6.07) is 0. The Balaban J connectivity index is 4.34. The molecule has 7 nitrogen and oxygen atoms in total. The van der Waals surface area contributed by atoms with Gasteiger partial charge in [0.2, 0.25) is 11.8 Å². The van der Waals surface area contributed by atoms with Crippen molar-refractivity contribution in [2.45, 2.75) is 20.8 Å². The van der Waals surface area contributed by atoms with Crippen molar-refractivity contribution >= 4 is 17.6 Å². The monoisotopic (exact) mass is 230 g/mol. The molecule has 6 N–H and O–H groups in total. The van der Waals surface area contributed by atoms with E-state index in [9.17, 15) is 9.59 Å². The normalized spacial score (nSPS) is 14.3. The number of hydrogen-bond acceptors (Lipinski definition) is 4. The molecule has 0 aromatic carbocycles. The maximum Gasteiger partial charge on any atom is 0.230 e. The second-order valence-corrected chi connectivity index (χ2v) is 4.21. The third-order valence-corrected chi connectivity index (χ3v) is 2.32. The summed E-state index contributed by atoms with van der Waals surface area (Å²) in [5.74, 6) is -1.88. The summed E-state index contributed by atoms with van der Waals surface area (Å²) in [7, 11) is 0. The van der Waals surface area contributed by atoms with Crippen LogP contribution in [0.5, 0.6) is 0 Å². The summed E-state index contributed by atoms with van der Waals surface area (Å²) in [4.78, 5) is 22.5. The Morgan fingerprint density at radius 3 is 2.31 bits per heavy atom. The van der Waals surface area contributed by atoms with E-state index in [-0.39, 0.29) is 12.4 Å². The average molecular weight is 230 g/mol. The van der Waals surface area contributed by atoms with Crippen molar-refractivity contribution in [1.82, 2.24) is 5.32 Å². The summed E-state index contributed by atoms with van der Waals surface area (Å²) in [6.45, 7) is 4.82. The molecule has 0 saturated carbocycles. The standard InChI is InChI=1S/C9H18N4O3/c1-5(6(10)13-16)7(14)12-4-9(2,3)8(11)15/h5,16H,4H2,1-3H3,(H2,10,13)(H2,11,15)(H,12,14). The molecule has 1 atom stereocenters. The highest BCUT2D eigenvalue weighted by Gasteiger charge is 2.27. The first-order valence-corrected chi connectivity index (χ1v) is 4.77. The molecule has 0 saturated heterocycles. The lowest BCUT2D eigenvalue weighted by Gasteiger charge is -2.21. The fourth-order valence-electron chi connectivity index (χ4n) is 0.769. The van der Waals surface area contributed by atoms with E-state index in [0.29, 0.717) is 0 Å². The third kappa shape index (κ3) is 3.76. The first-order valence-electron chi connectivity index (χ1n) is 4.77. The van der Waals surface area contributed by atoms with Gasteiger partial charge in [0.05, 0.1) is 11.3 Å². The predicted octanol–water partition coefficient (Wildman–Crippen LogP) is -1.00. The maximum atomic E-state index is 11.5. The number of rotatable bonds is 5. The number of nitrogens with zero attached hydrogens (tertiary/aromatic N) is 1. The molecule has 0 fully saturated rings. The number of carbonyl (C=O) groups excluding carboxylic acids is 2. The molecule has 0 aliphatic carbocycles. The largest absolute Gasteiger partial charge is 0.409 e. The molecular weight excluding hydrogens is 212 g/mol. The molecule has 0 spiro atoms. The van der Waals surface area contributed by atoms with E-state index < -0.39 is 23.1 Å². The highest BCUT2D eigenvalue weighted by molar-refractivity contribution is 6.01. The van der Waals surface area contributed by atoms with E-state index in [0.717, 1.165) is 0 Å². The van der Waals surface area contributed by atoms with Gasteiger partial charge in [-0.25, -0.2) is 0 Å². The van der Waals surface area contributed by atoms with Crippen molar-refractivity contribution in [1.29, 1.82) is 0 Å². The second-order valence-electron chi connectivity index (χ2n) is 4.21. The lowest BCUT2D eigenvalue weighted by Crippen LogP contribution is -2.45. The zero-order valence-electron chi connectivity index (χ0n) is 9.65. The van der Waals surface area contributed by atoms with E-state index in [1.807, 2.05) is 0 Å². The Hall–Kier alpha value is -1.79. The molecule has 0 aromatic heterocycles. The molecule has 0 aromatic rings. The van der Waals surface area contributed by atoms with E-state index in [2.05, 4.69) is 10.5 Å². The fourth-order valence-corrected chi connectivity index (χ4v) is 0.769. The van der Waals surface area contributed by atoms with Gasteiger partial charge in [-0.15, -0.1) is 0 Å². The van der Waals surface area contributed by atoms with Gasteiger partial charge in [-0.2, -0.15) is 0 Å². The topological polar surface area (TPSA) is 131 Å². The van der Waals surface area contributed by atoms with Crippen LogP contribution in [0.15, 0.2) is 5.16 Å². The zero-order valence-corrected chi connectivity index (χ0v) is 9.65. The smallest absolute Gasteiger partial charge is 0.230 e. The average Bonchev–Trinajstić information content (AvgIpc) is 2.23. The van der Waals surface area contributed by atoms with Gasteiger partial charge in [-0.1, -0.05) is 5.16 Å².